The van der Waals surface area contributed by atoms with Gasteiger partial charge in [0.2, 0.25) is 11.9 Å². The first-order valence-corrected chi connectivity index (χ1v) is 21.2. The number of rotatable bonds is 11. The molecule has 0 saturated carbocycles. The Morgan fingerprint density at radius 1 is 0.885 bits per heavy atom. The van der Waals surface area contributed by atoms with Gasteiger partial charge in [0.05, 0.1) is 17.8 Å². The molecule has 16 nitrogen and oxygen atoms in total. The number of hydrogen-bond acceptors (Lipinski definition) is 11. The summed E-state index contributed by atoms with van der Waals surface area (Å²) < 4.78 is 5.00. The van der Waals surface area contributed by atoms with Gasteiger partial charge in [-0.3, -0.25) is 24.5 Å². The summed E-state index contributed by atoms with van der Waals surface area (Å²) in [6.45, 7) is 11.8. The number of carbonyl (C=O) groups is 2. The molecule has 3 fully saturated rings. The molecule has 9 rings (SSSR count). The zero-order valence-corrected chi connectivity index (χ0v) is 34.9. The number of aliphatic hydroxyl groups is 1. The van der Waals surface area contributed by atoms with Crippen LogP contribution in [0.1, 0.15) is 58.1 Å². The fourth-order valence-electron chi connectivity index (χ4n) is 9.09. The summed E-state index contributed by atoms with van der Waals surface area (Å²) in [7, 11) is 1.90. The molecule has 3 N–H and O–H groups in total. The number of pyridine rings is 1. The highest BCUT2D eigenvalue weighted by Crippen LogP contribution is 2.35. The van der Waals surface area contributed by atoms with E-state index >= 15 is 0 Å². The predicted molar refractivity (Wildman–Crippen MR) is 237 cm³/mol. The zero-order valence-electron chi connectivity index (χ0n) is 34.9. The van der Waals surface area contributed by atoms with Crippen LogP contribution < -0.4 is 30.9 Å². The van der Waals surface area contributed by atoms with E-state index in [9.17, 15) is 19.5 Å². The molecular weight excluding hydrogens is 773 g/mol. The highest BCUT2D eigenvalue weighted by atomic mass is 16.3. The summed E-state index contributed by atoms with van der Waals surface area (Å²) in [6, 6.07) is 19.6. The minimum Gasteiger partial charge on any atom is -0.384 e. The molecule has 3 aliphatic rings. The minimum absolute atomic E-state index is 0.244. The third-order valence-electron chi connectivity index (χ3n) is 12.4. The first kappa shape index (κ1) is 39.9. The number of benzene rings is 2. The summed E-state index contributed by atoms with van der Waals surface area (Å²) in [5, 5.41) is 22.3. The van der Waals surface area contributed by atoms with Crippen LogP contribution in [0.3, 0.4) is 0 Å². The summed E-state index contributed by atoms with van der Waals surface area (Å²) >= 11 is 0. The monoisotopic (exact) mass is 824 g/mol. The highest BCUT2D eigenvalue weighted by molar-refractivity contribution is 6.09. The van der Waals surface area contributed by atoms with Gasteiger partial charge >= 0.3 is 6.03 Å². The Hall–Kier alpha value is -6.55. The van der Waals surface area contributed by atoms with Crippen molar-refractivity contribution in [1.82, 2.24) is 39.4 Å². The quantitative estimate of drug-likeness (QED) is 0.131. The van der Waals surface area contributed by atoms with Crippen LogP contribution in [0.15, 0.2) is 84.3 Å². The van der Waals surface area contributed by atoms with Gasteiger partial charge in [0.1, 0.15) is 11.0 Å². The lowest BCUT2D eigenvalue weighted by Gasteiger charge is -2.38. The van der Waals surface area contributed by atoms with Gasteiger partial charge in [0.15, 0.2) is 17.3 Å². The average Bonchev–Trinajstić information content (AvgIpc) is 3.73. The van der Waals surface area contributed by atoms with Crippen molar-refractivity contribution >= 4 is 62.7 Å². The van der Waals surface area contributed by atoms with Crippen LogP contribution in [0.25, 0.3) is 27.8 Å². The Balaban J connectivity index is 0.790. The number of aromatic nitrogens is 7. The first-order chi connectivity index (χ1) is 29.4. The van der Waals surface area contributed by atoms with Crippen molar-refractivity contribution < 1.29 is 14.7 Å². The Morgan fingerprint density at radius 3 is 2.25 bits per heavy atom. The number of carbonyl (C=O) groups excluding carboxylic acids is 2. The van der Waals surface area contributed by atoms with Crippen LogP contribution >= 0.6 is 0 Å². The van der Waals surface area contributed by atoms with E-state index in [1.54, 1.807) is 47.7 Å². The molecule has 0 bridgehead atoms. The van der Waals surface area contributed by atoms with E-state index in [0.29, 0.717) is 40.9 Å². The van der Waals surface area contributed by atoms with Crippen molar-refractivity contribution in [3.63, 3.8) is 0 Å². The third-order valence-corrected chi connectivity index (χ3v) is 12.4. The third kappa shape index (κ3) is 7.94. The van der Waals surface area contributed by atoms with E-state index in [2.05, 4.69) is 72.4 Å². The van der Waals surface area contributed by atoms with Gasteiger partial charge in [-0.15, -0.1) is 6.58 Å². The normalized spacial score (nSPS) is 17.1. The number of nitrogens with zero attached hydrogens (tertiary/aromatic N) is 10. The molecule has 3 aliphatic heterocycles. The number of hydrogen-bond donors (Lipinski definition) is 3. The standard InChI is InChI=1S/C45H52N12O4/c1-5-20-56-42(59)35-28-46-43(50-40(35)57(56)38-8-6-7-37(48-38)45(2,3)61)47-31-9-11-32(12-10-31)53-21-15-29(16-22-53)26-30-17-23-54(24-18-30)33-13-14-34-36(27-33)52(4)51-41(34)55-25-19-39(58)49-44(55)60/h5-14,27-30,61H,1,15-26H2,2-4H3,(H,46,47,50)(H,49,58,60). The summed E-state index contributed by atoms with van der Waals surface area (Å²) in [4.78, 5) is 58.0. The molecule has 0 atom stereocenters. The number of imide groups is 1. The number of fused-ring (bicyclic) bond motifs is 2. The lowest BCUT2D eigenvalue weighted by atomic mass is 9.82. The fraction of sp³-hybridized carbons (Fsp3) is 0.400. The second-order valence-electron chi connectivity index (χ2n) is 17.0. The van der Waals surface area contributed by atoms with Crippen molar-refractivity contribution in [2.75, 3.05) is 52.7 Å². The van der Waals surface area contributed by atoms with Gasteiger partial charge in [-0.05, 0) is 112 Å². The largest absolute Gasteiger partial charge is 0.384 e. The van der Waals surface area contributed by atoms with Gasteiger partial charge in [-0.1, -0.05) is 12.1 Å². The molecule has 4 aromatic heterocycles. The molecule has 61 heavy (non-hydrogen) atoms. The Morgan fingerprint density at radius 2 is 1.57 bits per heavy atom. The molecule has 3 amide bonds. The molecule has 0 aliphatic carbocycles. The summed E-state index contributed by atoms with van der Waals surface area (Å²) in [5.41, 5.74) is 3.62. The molecule has 0 unspecified atom stereocenters. The van der Waals surface area contributed by atoms with Crippen molar-refractivity contribution in [3.8, 4) is 5.82 Å². The molecule has 0 spiro atoms. The molecule has 6 aromatic rings. The number of allylic oxidation sites excluding steroid dienone is 1. The summed E-state index contributed by atoms with van der Waals surface area (Å²) in [6.07, 6.45) is 9.42. The number of nitrogens with one attached hydrogen (secondary N) is 2. The molecule has 7 heterocycles. The van der Waals surface area contributed by atoms with Crippen molar-refractivity contribution in [2.24, 2.45) is 18.9 Å². The van der Waals surface area contributed by atoms with Gasteiger partial charge in [0, 0.05) is 74.8 Å². The van der Waals surface area contributed by atoms with Crippen LogP contribution in [0.2, 0.25) is 0 Å². The van der Waals surface area contributed by atoms with E-state index in [4.69, 9.17) is 4.98 Å². The van der Waals surface area contributed by atoms with Crippen LogP contribution in [-0.2, 0) is 24.0 Å². The van der Waals surface area contributed by atoms with Crippen LogP contribution in [0.5, 0.6) is 0 Å². The van der Waals surface area contributed by atoms with E-state index in [0.717, 1.165) is 54.6 Å². The SMILES string of the molecule is C=CCn1c(=O)c2cnc(Nc3ccc(N4CCC(CC5CCN(c6ccc7c(N8CCC(=O)NC8=O)nn(C)c7c6)CC5)CC4)cc3)nc2n1-c1cccc(C(C)(C)O)n1. The Kier molecular flexibility index (Phi) is 10.6. The van der Waals surface area contributed by atoms with Crippen LogP contribution in [0, 0.1) is 11.8 Å². The van der Waals surface area contributed by atoms with E-state index in [1.807, 2.05) is 23.9 Å². The summed E-state index contributed by atoms with van der Waals surface area (Å²) in [5.74, 6) is 2.58. The fourth-order valence-corrected chi connectivity index (χ4v) is 9.09. The lowest BCUT2D eigenvalue weighted by molar-refractivity contribution is -0.120. The smallest absolute Gasteiger partial charge is 0.329 e. The van der Waals surface area contributed by atoms with Gasteiger partial charge in [-0.25, -0.2) is 24.1 Å². The maximum atomic E-state index is 13.4. The zero-order chi connectivity index (χ0) is 42.4. The molecule has 316 valence electrons. The molecule has 2 aromatic carbocycles. The van der Waals surface area contributed by atoms with Gasteiger partial charge in [0.25, 0.3) is 5.56 Å². The average molecular weight is 825 g/mol. The second-order valence-corrected chi connectivity index (χ2v) is 17.0. The number of aryl methyl sites for hydroxylation is 1. The number of anilines is 5. The maximum Gasteiger partial charge on any atom is 0.329 e. The van der Waals surface area contributed by atoms with Crippen LogP contribution in [-0.4, -0.2) is 83.9 Å². The van der Waals surface area contributed by atoms with E-state index in [1.165, 1.54) is 54.4 Å². The topological polar surface area (TPSA) is 172 Å². The predicted octanol–water partition coefficient (Wildman–Crippen LogP) is 5.99. The lowest BCUT2D eigenvalue weighted by Crippen LogP contribution is -2.49. The van der Waals surface area contributed by atoms with E-state index < -0.39 is 11.6 Å². The number of piperidine rings is 2. The second kappa shape index (κ2) is 16.1. The van der Waals surface area contributed by atoms with Crippen molar-refractivity contribution in [1.29, 1.82) is 0 Å². The maximum absolute atomic E-state index is 13.4. The Bertz CT molecular complexity index is 2680. The number of amides is 3. The Labute approximate surface area is 353 Å². The molecular formula is C45H52N12O4. The van der Waals surface area contributed by atoms with Gasteiger partial charge in [-0.2, -0.15) is 10.1 Å². The van der Waals surface area contributed by atoms with Gasteiger partial charge < -0.3 is 20.2 Å². The highest BCUT2D eigenvalue weighted by Gasteiger charge is 2.30. The van der Waals surface area contributed by atoms with Crippen LogP contribution in [0.4, 0.5) is 33.6 Å². The number of urea groups is 1. The minimum atomic E-state index is -1.17. The van der Waals surface area contributed by atoms with E-state index in [-0.39, 0.29) is 24.4 Å². The van der Waals surface area contributed by atoms with Crippen molar-refractivity contribution in [2.45, 2.75) is 64.5 Å². The molecule has 0 radical (unpaired) electrons. The first-order valence-electron chi connectivity index (χ1n) is 21.2. The van der Waals surface area contributed by atoms with Crippen molar-refractivity contribution in [3.05, 3.63) is 95.6 Å². The molecule has 16 heteroatoms. The molecule has 3 saturated heterocycles.